The van der Waals surface area contributed by atoms with E-state index in [4.69, 9.17) is 0 Å². The van der Waals surface area contributed by atoms with Gasteiger partial charge >= 0.3 is 6.03 Å². The number of para-hydroxylation sites is 1. The Hall–Kier alpha value is -2.82. The van der Waals surface area contributed by atoms with E-state index in [1.54, 1.807) is 26.2 Å². The molecule has 138 valence electrons. The van der Waals surface area contributed by atoms with Crippen molar-refractivity contribution in [2.24, 2.45) is 0 Å². The third-order valence-electron chi connectivity index (χ3n) is 4.39. The van der Waals surface area contributed by atoms with E-state index in [0.29, 0.717) is 18.0 Å². The van der Waals surface area contributed by atoms with Crippen LogP contribution in [0, 0.1) is 0 Å². The number of rotatable bonds is 6. The number of benzene rings is 2. The van der Waals surface area contributed by atoms with Crippen LogP contribution < -0.4 is 10.6 Å². The van der Waals surface area contributed by atoms with Crippen molar-refractivity contribution in [1.82, 2.24) is 10.2 Å². The number of anilines is 1. The van der Waals surface area contributed by atoms with Gasteiger partial charge in [0, 0.05) is 31.9 Å². The Kier molecular flexibility index (Phi) is 6.78. The Morgan fingerprint density at radius 3 is 2.50 bits per heavy atom. The molecule has 0 radical (unpaired) electrons. The molecule has 0 saturated heterocycles. The van der Waals surface area contributed by atoms with E-state index in [2.05, 4.69) is 24.5 Å². The minimum Gasteiger partial charge on any atom is -0.345 e. The number of nitrogens with one attached hydrogen (secondary N) is 2. The van der Waals surface area contributed by atoms with E-state index in [1.807, 2.05) is 36.4 Å². The van der Waals surface area contributed by atoms with E-state index < -0.39 is 0 Å². The van der Waals surface area contributed by atoms with Crippen molar-refractivity contribution >= 4 is 17.6 Å². The van der Waals surface area contributed by atoms with Crippen molar-refractivity contribution in [3.05, 3.63) is 65.2 Å². The number of hydrogen-bond donors (Lipinski definition) is 2. The molecule has 1 atom stereocenters. The summed E-state index contributed by atoms with van der Waals surface area (Å²) < 4.78 is 0. The van der Waals surface area contributed by atoms with Gasteiger partial charge in [-0.15, -0.1) is 0 Å². The van der Waals surface area contributed by atoms with Crippen LogP contribution in [0.3, 0.4) is 0 Å². The summed E-state index contributed by atoms with van der Waals surface area (Å²) in [6, 6.07) is 14.9. The van der Waals surface area contributed by atoms with Crippen LogP contribution in [-0.2, 0) is 6.54 Å². The highest BCUT2D eigenvalue weighted by atomic mass is 16.2. The molecule has 0 aromatic heterocycles. The van der Waals surface area contributed by atoms with Gasteiger partial charge in [-0.3, -0.25) is 4.79 Å². The van der Waals surface area contributed by atoms with Gasteiger partial charge in [0.1, 0.15) is 0 Å². The molecule has 0 saturated carbocycles. The third-order valence-corrected chi connectivity index (χ3v) is 4.39. The molecule has 0 aliphatic rings. The summed E-state index contributed by atoms with van der Waals surface area (Å²) in [5.74, 6) is 0.319. The molecule has 3 amide bonds. The quantitative estimate of drug-likeness (QED) is 0.816. The number of hydrogen-bond acceptors (Lipinski definition) is 2. The zero-order valence-corrected chi connectivity index (χ0v) is 15.9. The van der Waals surface area contributed by atoms with Gasteiger partial charge in [-0.1, -0.05) is 44.2 Å². The third kappa shape index (κ3) is 5.09. The standard InChI is InChI=1S/C21H27N3O2/c1-5-15(2)18-11-6-7-12-19(18)23-21(26)22-14-16-9-8-10-17(13-16)20(25)24(3)4/h6-13,15H,5,14H2,1-4H3,(H2,22,23,26)/t15-/m1/s1. The minimum atomic E-state index is -0.259. The molecule has 0 aliphatic heterocycles. The normalized spacial score (nSPS) is 11.5. The van der Waals surface area contributed by atoms with Crippen molar-refractivity contribution < 1.29 is 9.59 Å². The second kappa shape index (κ2) is 9.04. The van der Waals surface area contributed by atoms with Crippen molar-refractivity contribution in [3.8, 4) is 0 Å². The van der Waals surface area contributed by atoms with E-state index in [-0.39, 0.29) is 11.9 Å². The highest BCUT2D eigenvalue weighted by molar-refractivity contribution is 5.94. The first-order valence-electron chi connectivity index (χ1n) is 8.86. The van der Waals surface area contributed by atoms with Gasteiger partial charge in [-0.2, -0.15) is 0 Å². The van der Waals surface area contributed by atoms with Gasteiger partial charge in [0.25, 0.3) is 5.91 Å². The summed E-state index contributed by atoms with van der Waals surface area (Å²) in [5, 5.41) is 5.78. The molecule has 26 heavy (non-hydrogen) atoms. The Morgan fingerprint density at radius 2 is 1.81 bits per heavy atom. The fraction of sp³-hybridized carbons (Fsp3) is 0.333. The van der Waals surface area contributed by atoms with Crippen LogP contribution >= 0.6 is 0 Å². The molecule has 2 aromatic carbocycles. The van der Waals surface area contributed by atoms with E-state index >= 15 is 0 Å². The second-order valence-corrected chi connectivity index (χ2v) is 6.60. The molecular formula is C21H27N3O2. The maximum absolute atomic E-state index is 12.3. The average molecular weight is 353 g/mol. The zero-order valence-electron chi connectivity index (χ0n) is 15.9. The Balaban J connectivity index is 2.00. The van der Waals surface area contributed by atoms with E-state index in [1.165, 1.54) is 4.90 Å². The van der Waals surface area contributed by atoms with Gasteiger partial charge in [0.2, 0.25) is 0 Å². The highest BCUT2D eigenvalue weighted by Gasteiger charge is 2.11. The first-order valence-corrected chi connectivity index (χ1v) is 8.86. The number of nitrogens with zero attached hydrogens (tertiary/aromatic N) is 1. The summed E-state index contributed by atoms with van der Waals surface area (Å²) >= 11 is 0. The minimum absolute atomic E-state index is 0.0567. The molecule has 0 spiro atoms. The molecule has 2 N–H and O–H groups in total. The first-order chi connectivity index (χ1) is 12.4. The molecule has 0 unspecified atom stereocenters. The maximum Gasteiger partial charge on any atom is 0.319 e. The molecule has 2 aromatic rings. The lowest BCUT2D eigenvalue weighted by molar-refractivity contribution is 0.0827. The average Bonchev–Trinajstić information content (AvgIpc) is 2.65. The van der Waals surface area contributed by atoms with Crippen LogP contribution in [0.4, 0.5) is 10.5 Å². The molecule has 5 heteroatoms. The smallest absolute Gasteiger partial charge is 0.319 e. The van der Waals surface area contributed by atoms with Gasteiger partial charge in [0.15, 0.2) is 0 Å². The lowest BCUT2D eigenvalue weighted by Crippen LogP contribution is -2.29. The molecular weight excluding hydrogens is 326 g/mol. The Bertz CT molecular complexity index is 771. The number of carbonyl (C=O) groups is 2. The Morgan fingerprint density at radius 1 is 1.08 bits per heavy atom. The largest absolute Gasteiger partial charge is 0.345 e. The lowest BCUT2D eigenvalue weighted by Gasteiger charge is -2.16. The molecule has 5 nitrogen and oxygen atoms in total. The molecule has 2 rings (SSSR count). The monoisotopic (exact) mass is 353 g/mol. The van der Waals surface area contributed by atoms with Crippen molar-refractivity contribution in [2.45, 2.75) is 32.7 Å². The fourth-order valence-corrected chi connectivity index (χ4v) is 2.68. The molecule has 0 aliphatic carbocycles. The predicted octanol–water partition coefficient (Wildman–Crippen LogP) is 4.22. The second-order valence-electron chi connectivity index (χ2n) is 6.60. The topological polar surface area (TPSA) is 61.4 Å². The van der Waals surface area contributed by atoms with Crippen LogP contribution in [-0.4, -0.2) is 30.9 Å². The van der Waals surface area contributed by atoms with Crippen LogP contribution in [0.25, 0.3) is 0 Å². The van der Waals surface area contributed by atoms with E-state index in [0.717, 1.165) is 23.2 Å². The summed E-state index contributed by atoms with van der Waals surface area (Å²) in [6.07, 6.45) is 1.01. The van der Waals surface area contributed by atoms with Crippen LogP contribution in [0.2, 0.25) is 0 Å². The van der Waals surface area contributed by atoms with Crippen LogP contribution in [0.5, 0.6) is 0 Å². The number of carbonyl (C=O) groups excluding carboxylic acids is 2. The number of amides is 3. The lowest BCUT2D eigenvalue weighted by atomic mass is 9.97. The first kappa shape index (κ1) is 19.5. The number of urea groups is 1. The van der Waals surface area contributed by atoms with Crippen molar-refractivity contribution in [3.63, 3.8) is 0 Å². The summed E-state index contributed by atoms with van der Waals surface area (Å²) in [6.45, 7) is 4.63. The Labute approximate surface area is 155 Å². The van der Waals surface area contributed by atoms with Gasteiger partial charge in [-0.05, 0) is 41.7 Å². The SMILES string of the molecule is CC[C@@H](C)c1ccccc1NC(=O)NCc1cccc(C(=O)N(C)C)c1. The van der Waals surface area contributed by atoms with Gasteiger partial charge in [-0.25, -0.2) is 4.79 Å². The van der Waals surface area contributed by atoms with Crippen LogP contribution in [0.1, 0.15) is 47.7 Å². The predicted molar refractivity (Wildman–Crippen MR) is 105 cm³/mol. The highest BCUT2D eigenvalue weighted by Crippen LogP contribution is 2.26. The summed E-state index contributed by atoms with van der Waals surface area (Å²) in [4.78, 5) is 25.8. The van der Waals surface area contributed by atoms with Gasteiger partial charge in [0.05, 0.1) is 0 Å². The fourth-order valence-electron chi connectivity index (χ4n) is 2.68. The van der Waals surface area contributed by atoms with Crippen LogP contribution in [0.15, 0.2) is 48.5 Å². The van der Waals surface area contributed by atoms with Crippen molar-refractivity contribution in [1.29, 1.82) is 0 Å². The van der Waals surface area contributed by atoms with E-state index in [9.17, 15) is 9.59 Å². The maximum atomic E-state index is 12.3. The molecule has 0 fully saturated rings. The summed E-state index contributed by atoms with van der Waals surface area (Å²) in [7, 11) is 3.44. The zero-order chi connectivity index (χ0) is 19.1. The van der Waals surface area contributed by atoms with Gasteiger partial charge < -0.3 is 15.5 Å². The molecule has 0 heterocycles. The summed E-state index contributed by atoms with van der Waals surface area (Å²) in [5.41, 5.74) is 3.44. The van der Waals surface area contributed by atoms with Crippen molar-refractivity contribution in [2.75, 3.05) is 19.4 Å². The molecule has 0 bridgehead atoms.